The number of benzene rings is 2. The van der Waals surface area contributed by atoms with Crippen molar-refractivity contribution in [3.8, 4) is 5.75 Å². The molecule has 1 N–H and O–H groups in total. The fourth-order valence-corrected chi connectivity index (χ4v) is 4.85. The largest absolute Gasteiger partial charge is 0.508 e. The Kier molecular flexibility index (Phi) is 6.20. The van der Waals surface area contributed by atoms with Gasteiger partial charge in [0.25, 0.3) is 0 Å². The van der Waals surface area contributed by atoms with Gasteiger partial charge in [0.1, 0.15) is 5.75 Å². The highest BCUT2D eigenvalue weighted by Crippen LogP contribution is 2.34. The van der Waals surface area contributed by atoms with Crippen LogP contribution in [0.5, 0.6) is 5.75 Å². The summed E-state index contributed by atoms with van der Waals surface area (Å²) in [5.41, 5.74) is 1.84. The Morgan fingerprint density at radius 1 is 1.21 bits per heavy atom. The van der Waals surface area contributed by atoms with Gasteiger partial charge in [-0.05, 0) is 31.0 Å². The van der Waals surface area contributed by atoms with Gasteiger partial charge in [-0.25, -0.2) is 0 Å². The number of thioether (sulfide) groups is 1. The van der Waals surface area contributed by atoms with Gasteiger partial charge in [0, 0.05) is 42.5 Å². The van der Waals surface area contributed by atoms with Gasteiger partial charge < -0.3 is 14.7 Å². The number of fused-ring (bicyclic) bond motifs is 1. The van der Waals surface area contributed by atoms with Gasteiger partial charge in [0.05, 0.1) is 18.3 Å². The molecule has 148 valence electrons. The Labute approximate surface area is 170 Å². The lowest BCUT2D eigenvalue weighted by Gasteiger charge is -2.32. The van der Waals surface area contributed by atoms with Crippen LogP contribution in [-0.4, -0.2) is 54.0 Å². The molecule has 1 saturated heterocycles. The molecule has 2 aromatic carbocycles. The quantitative estimate of drug-likeness (QED) is 0.807. The van der Waals surface area contributed by atoms with E-state index in [4.69, 9.17) is 4.74 Å². The Balaban J connectivity index is 1.50. The number of hydrogen-bond donors (Lipinski definition) is 1. The van der Waals surface area contributed by atoms with Crippen LogP contribution in [0.25, 0.3) is 0 Å². The first-order valence-corrected chi connectivity index (χ1v) is 10.8. The van der Waals surface area contributed by atoms with Crippen molar-refractivity contribution in [1.29, 1.82) is 0 Å². The first kappa shape index (κ1) is 19.3. The molecule has 0 aliphatic carbocycles. The second kappa shape index (κ2) is 8.99. The maximum Gasteiger partial charge on any atom is 0.241 e. The molecule has 2 aromatic rings. The third kappa shape index (κ3) is 4.51. The average molecular weight is 399 g/mol. The minimum atomic E-state index is 0.0983. The van der Waals surface area contributed by atoms with Crippen molar-refractivity contribution >= 4 is 23.4 Å². The van der Waals surface area contributed by atoms with E-state index in [0.717, 1.165) is 47.9 Å². The highest BCUT2D eigenvalue weighted by molar-refractivity contribution is 7.99. The minimum absolute atomic E-state index is 0.0983. The van der Waals surface area contributed by atoms with Crippen molar-refractivity contribution in [2.75, 3.05) is 36.9 Å². The molecule has 4 rings (SSSR count). The molecule has 28 heavy (non-hydrogen) atoms. The zero-order valence-corrected chi connectivity index (χ0v) is 16.7. The molecular weight excluding hydrogens is 372 g/mol. The van der Waals surface area contributed by atoms with Crippen LogP contribution in [0.2, 0.25) is 0 Å². The van der Waals surface area contributed by atoms with E-state index in [1.165, 1.54) is 0 Å². The number of carbonyl (C=O) groups excluding carboxylic acids is 1. The van der Waals surface area contributed by atoms with E-state index in [2.05, 4.69) is 11.0 Å². The molecule has 0 bridgehead atoms. The smallest absolute Gasteiger partial charge is 0.241 e. The SMILES string of the molecule is O=C(CN(Cc1ccccc1O)CC1CCCO1)N1CCSc2ccccc21. The first-order chi connectivity index (χ1) is 13.7. The zero-order chi connectivity index (χ0) is 19.3. The zero-order valence-electron chi connectivity index (χ0n) is 15.9. The van der Waals surface area contributed by atoms with E-state index in [1.807, 2.05) is 41.3 Å². The summed E-state index contributed by atoms with van der Waals surface area (Å²) in [5, 5.41) is 10.2. The van der Waals surface area contributed by atoms with Crippen LogP contribution in [0.1, 0.15) is 18.4 Å². The number of phenolic OH excluding ortho intramolecular Hbond substituents is 1. The van der Waals surface area contributed by atoms with Crippen molar-refractivity contribution in [3.05, 3.63) is 54.1 Å². The molecule has 0 aromatic heterocycles. The van der Waals surface area contributed by atoms with Gasteiger partial charge in [-0.15, -0.1) is 11.8 Å². The van der Waals surface area contributed by atoms with Gasteiger partial charge in [0.15, 0.2) is 0 Å². The van der Waals surface area contributed by atoms with Crippen LogP contribution in [0.3, 0.4) is 0 Å². The van der Waals surface area contributed by atoms with Crippen molar-refractivity contribution in [1.82, 2.24) is 4.90 Å². The fourth-order valence-electron chi connectivity index (χ4n) is 3.85. The average Bonchev–Trinajstić information content (AvgIpc) is 3.22. The minimum Gasteiger partial charge on any atom is -0.508 e. The third-order valence-corrected chi connectivity index (χ3v) is 6.30. The van der Waals surface area contributed by atoms with Crippen molar-refractivity contribution < 1.29 is 14.6 Å². The first-order valence-electron chi connectivity index (χ1n) is 9.84. The van der Waals surface area contributed by atoms with Gasteiger partial charge >= 0.3 is 0 Å². The summed E-state index contributed by atoms with van der Waals surface area (Å²) in [6.45, 7) is 3.06. The number of ether oxygens (including phenoxy) is 1. The third-order valence-electron chi connectivity index (χ3n) is 5.26. The molecule has 0 radical (unpaired) electrons. The van der Waals surface area contributed by atoms with E-state index < -0.39 is 0 Å². The molecule has 2 aliphatic rings. The van der Waals surface area contributed by atoms with Gasteiger partial charge in [-0.2, -0.15) is 0 Å². The maximum absolute atomic E-state index is 13.2. The van der Waals surface area contributed by atoms with Crippen molar-refractivity contribution in [2.24, 2.45) is 0 Å². The summed E-state index contributed by atoms with van der Waals surface area (Å²) in [6.07, 6.45) is 2.25. The summed E-state index contributed by atoms with van der Waals surface area (Å²) in [5.74, 6) is 1.28. The van der Waals surface area contributed by atoms with Gasteiger partial charge in [-0.3, -0.25) is 9.69 Å². The standard InChI is InChI=1S/C22H26N2O3S/c25-20-9-3-1-6-17(20)14-23(15-18-7-5-12-27-18)16-22(26)24-11-13-28-21-10-4-2-8-19(21)24/h1-4,6,8-10,18,25H,5,7,11-16H2. The highest BCUT2D eigenvalue weighted by Gasteiger charge is 2.26. The number of nitrogens with zero attached hydrogens (tertiary/aromatic N) is 2. The molecule has 2 heterocycles. The lowest BCUT2D eigenvalue weighted by molar-refractivity contribution is -0.120. The Bertz CT molecular complexity index is 823. The number of anilines is 1. The lowest BCUT2D eigenvalue weighted by atomic mass is 10.1. The molecular formula is C22H26N2O3S. The summed E-state index contributed by atoms with van der Waals surface area (Å²) in [4.78, 5) is 18.4. The summed E-state index contributed by atoms with van der Waals surface area (Å²) < 4.78 is 5.80. The predicted octanol–water partition coefficient (Wildman–Crippen LogP) is 3.51. The molecule has 0 saturated carbocycles. The van der Waals surface area contributed by atoms with E-state index >= 15 is 0 Å². The molecule has 2 aliphatic heterocycles. The number of para-hydroxylation sites is 2. The summed E-state index contributed by atoms with van der Waals surface area (Å²) in [7, 11) is 0. The molecule has 0 spiro atoms. The van der Waals surface area contributed by atoms with Crippen LogP contribution in [-0.2, 0) is 16.1 Å². The van der Waals surface area contributed by atoms with Crippen LogP contribution >= 0.6 is 11.8 Å². The van der Waals surface area contributed by atoms with E-state index in [9.17, 15) is 9.90 Å². The Hall–Kier alpha value is -2.02. The second-order valence-electron chi connectivity index (χ2n) is 7.29. The molecule has 1 fully saturated rings. The highest BCUT2D eigenvalue weighted by atomic mass is 32.2. The number of hydrogen-bond acceptors (Lipinski definition) is 5. The van der Waals surface area contributed by atoms with E-state index in [0.29, 0.717) is 19.6 Å². The maximum atomic E-state index is 13.2. The van der Waals surface area contributed by atoms with Gasteiger partial charge in [0.2, 0.25) is 5.91 Å². The summed E-state index contributed by atoms with van der Waals surface area (Å²) in [6, 6.07) is 15.4. The van der Waals surface area contributed by atoms with E-state index in [1.54, 1.807) is 17.8 Å². The number of phenols is 1. The van der Waals surface area contributed by atoms with Crippen LogP contribution in [0, 0.1) is 0 Å². The molecule has 5 nitrogen and oxygen atoms in total. The fraction of sp³-hybridized carbons (Fsp3) is 0.409. The Morgan fingerprint density at radius 2 is 2.04 bits per heavy atom. The molecule has 6 heteroatoms. The molecule has 1 amide bonds. The van der Waals surface area contributed by atoms with Crippen molar-refractivity contribution in [3.63, 3.8) is 0 Å². The number of aromatic hydroxyl groups is 1. The lowest BCUT2D eigenvalue weighted by Crippen LogP contribution is -2.44. The van der Waals surface area contributed by atoms with E-state index in [-0.39, 0.29) is 17.8 Å². The van der Waals surface area contributed by atoms with Crippen LogP contribution in [0.15, 0.2) is 53.4 Å². The summed E-state index contributed by atoms with van der Waals surface area (Å²) >= 11 is 1.80. The predicted molar refractivity (Wildman–Crippen MR) is 112 cm³/mol. The monoisotopic (exact) mass is 398 g/mol. The molecule has 1 atom stereocenters. The van der Waals surface area contributed by atoms with Gasteiger partial charge in [-0.1, -0.05) is 30.3 Å². The normalized spacial score (nSPS) is 19.0. The Morgan fingerprint density at radius 3 is 2.86 bits per heavy atom. The topological polar surface area (TPSA) is 53.0 Å². The number of amides is 1. The number of carbonyl (C=O) groups is 1. The van der Waals surface area contributed by atoms with Crippen molar-refractivity contribution in [2.45, 2.75) is 30.4 Å². The molecule has 1 unspecified atom stereocenters. The van der Waals surface area contributed by atoms with Crippen LogP contribution < -0.4 is 4.90 Å². The number of rotatable bonds is 6. The second-order valence-corrected chi connectivity index (χ2v) is 8.43. The van der Waals surface area contributed by atoms with Crippen LogP contribution in [0.4, 0.5) is 5.69 Å².